The van der Waals surface area contributed by atoms with Crippen molar-refractivity contribution in [3.63, 3.8) is 0 Å². The number of nitrogens with one attached hydrogen (secondary N) is 1. The molecule has 0 aliphatic carbocycles. The molecular formula is C16H26N2O. The van der Waals surface area contributed by atoms with Crippen LogP contribution in [0.25, 0.3) is 0 Å². The first kappa shape index (κ1) is 14.4. The van der Waals surface area contributed by atoms with Crippen molar-refractivity contribution in [3.05, 3.63) is 29.8 Å². The Bertz CT molecular complexity index is 373. The van der Waals surface area contributed by atoms with Gasteiger partial charge in [0.25, 0.3) is 0 Å². The molecule has 0 aromatic heterocycles. The summed E-state index contributed by atoms with van der Waals surface area (Å²) in [5.74, 6) is 1.71. The van der Waals surface area contributed by atoms with Gasteiger partial charge >= 0.3 is 0 Å². The van der Waals surface area contributed by atoms with Crippen LogP contribution in [0.4, 0.5) is 0 Å². The van der Waals surface area contributed by atoms with E-state index in [1.807, 2.05) is 0 Å². The highest BCUT2D eigenvalue weighted by atomic mass is 16.5. The molecule has 1 aromatic carbocycles. The molecule has 2 rings (SSSR count). The second kappa shape index (κ2) is 7.51. The zero-order valence-electron chi connectivity index (χ0n) is 12.2. The third-order valence-corrected chi connectivity index (χ3v) is 3.48. The van der Waals surface area contributed by atoms with Crippen molar-refractivity contribution < 1.29 is 4.74 Å². The van der Waals surface area contributed by atoms with E-state index >= 15 is 0 Å². The molecule has 0 atom stereocenters. The SMILES string of the molecule is CC(C)CCOc1cccc(CN2CCNCC2)c1. The smallest absolute Gasteiger partial charge is 0.119 e. The van der Waals surface area contributed by atoms with Crippen molar-refractivity contribution in [1.82, 2.24) is 10.2 Å². The molecule has 1 N–H and O–H groups in total. The lowest BCUT2D eigenvalue weighted by molar-refractivity contribution is 0.232. The second-order valence-electron chi connectivity index (χ2n) is 5.70. The minimum absolute atomic E-state index is 0.698. The van der Waals surface area contributed by atoms with E-state index in [9.17, 15) is 0 Å². The van der Waals surface area contributed by atoms with Gasteiger partial charge in [-0.3, -0.25) is 4.90 Å². The van der Waals surface area contributed by atoms with Crippen LogP contribution in [-0.2, 0) is 6.54 Å². The summed E-state index contributed by atoms with van der Waals surface area (Å²) in [7, 11) is 0. The molecule has 0 saturated carbocycles. The molecule has 1 aromatic rings. The number of benzene rings is 1. The number of nitrogens with zero attached hydrogens (tertiary/aromatic N) is 1. The molecule has 106 valence electrons. The molecule has 0 unspecified atom stereocenters. The molecule has 0 radical (unpaired) electrons. The molecular weight excluding hydrogens is 236 g/mol. The fraction of sp³-hybridized carbons (Fsp3) is 0.625. The van der Waals surface area contributed by atoms with Crippen molar-refractivity contribution in [3.8, 4) is 5.75 Å². The second-order valence-corrected chi connectivity index (χ2v) is 5.70. The van der Waals surface area contributed by atoms with Crippen molar-refractivity contribution in [1.29, 1.82) is 0 Å². The van der Waals surface area contributed by atoms with Crippen molar-refractivity contribution in [2.75, 3.05) is 32.8 Å². The Labute approximate surface area is 116 Å². The fourth-order valence-corrected chi connectivity index (χ4v) is 2.27. The minimum Gasteiger partial charge on any atom is -0.494 e. The monoisotopic (exact) mass is 262 g/mol. The van der Waals surface area contributed by atoms with E-state index in [0.717, 1.165) is 51.5 Å². The molecule has 0 amide bonds. The Morgan fingerprint density at radius 1 is 1.26 bits per heavy atom. The van der Waals surface area contributed by atoms with E-state index < -0.39 is 0 Å². The molecule has 1 saturated heterocycles. The summed E-state index contributed by atoms with van der Waals surface area (Å²) in [4.78, 5) is 2.49. The van der Waals surface area contributed by atoms with E-state index in [0.29, 0.717) is 5.92 Å². The largest absolute Gasteiger partial charge is 0.494 e. The maximum Gasteiger partial charge on any atom is 0.119 e. The lowest BCUT2D eigenvalue weighted by Crippen LogP contribution is -2.42. The first-order chi connectivity index (χ1) is 9.24. The zero-order valence-corrected chi connectivity index (χ0v) is 12.2. The lowest BCUT2D eigenvalue weighted by Gasteiger charge is -2.27. The Morgan fingerprint density at radius 3 is 2.79 bits per heavy atom. The number of hydrogen-bond acceptors (Lipinski definition) is 3. The van der Waals surface area contributed by atoms with E-state index in [1.165, 1.54) is 5.56 Å². The molecule has 19 heavy (non-hydrogen) atoms. The highest BCUT2D eigenvalue weighted by molar-refractivity contribution is 5.28. The van der Waals surface area contributed by atoms with Crippen LogP contribution in [-0.4, -0.2) is 37.7 Å². The highest BCUT2D eigenvalue weighted by Crippen LogP contribution is 2.16. The lowest BCUT2D eigenvalue weighted by atomic mass is 10.1. The summed E-state index contributed by atoms with van der Waals surface area (Å²) < 4.78 is 5.82. The molecule has 1 fully saturated rings. The van der Waals surface area contributed by atoms with Gasteiger partial charge in [0, 0.05) is 32.7 Å². The van der Waals surface area contributed by atoms with E-state index in [4.69, 9.17) is 4.74 Å². The van der Waals surface area contributed by atoms with Crippen LogP contribution in [0, 0.1) is 5.92 Å². The van der Waals surface area contributed by atoms with Crippen LogP contribution in [0.15, 0.2) is 24.3 Å². The van der Waals surface area contributed by atoms with E-state index in [2.05, 4.69) is 48.3 Å². The van der Waals surface area contributed by atoms with Gasteiger partial charge in [0.15, 0.2) is 0 Å². The van der Waals surface area contributed by atoms with Gasteiger partial charge in [-0.15, -0.1) is 0 Å². The maximum atomic E-state index is 5.82. The van der Waals surface area contributed by atoms with Gasteiger partial charge in [-0.2, -0.15) is 0 Å². The van der Waals surface area contributed by atoms with E-state index in [-0.39, 0.29) is 0 Å². The van der Waals surface area contributed by atoms with Gasteiger partial charge < -0.3 is 10.1 Å². The predicted molar refractivity (Wildman–Crippen MR) is 79.5 cm³/mol. The Morgan fingerprint density at radius 2 is 2.05 bits per heavy atom. The summed E-state index contributed by atoms with van der Waals surface area (Å²) in [6.45, 7) is 10.8. The third kappa shape index (κ3) is 5.21. The maximum absolute atomic E-state index is 5.82. The topological polar surface area (TPSA) is 24.5 Å². The van der Waals surface area contributed by atoms with Gasteiger partial charge in [0.2, 0.25) is 0 Å². The average Bonchev–Trinajstić information content (AvgIpc) is 2.40. The molecule has 3 heteroatoms. The molecule has 0 bridgehead atoms. The van der Waals surface area contributed by atoms with Crippen LogP contribution in [0.3, 0.4) is 0 Å². The van der Waals surface area contributed by atoms with Gasteiger partial charge in [-0.25, -0.2) is 0 Å². The summed E-state index contributed by atoms with van der Waals surface area (Å²) in [6.07, 6.45) is 1.11. The van der Waals surface area contributed by atoms with Crippen molar-refractivity contribution >= 4 is 0 Å². The predicted octanol–water partition coefficient (Wildman–Crippen LogP) is 2.52. The summed E-state index contributed by atoms with van der Waals surface area (Å²) in [5.41, 5.74) is 1.35. The van der Waals surface area contributed by atoms with Gasteiger partial charge in [0.05, 0.1) is 6.61 Å². The summed E-state index contributed by atoms with van der Waals surface area (Å²) >= 11 is 0. The first-order valence-electron chi connectivity index (χ1n) is 7.39. The van der Waals surface area contributed by atoms with Gasteiger partial charge in [0.1, 0.15) is 5.75 Å². The highest BCUT2D eigenvalue weighted by Gasteiger charge is 2.10. The number of rotatable bonds is 6. The molecule has 1 aliphatic rings. The van der Waals surface area contributed by atoms with Crippen LogP contribution in [0.2, 0.25) is 0 Å². The molecule has 1 heterocycles. The Kier molecular flexibility index (Phi) is 5.67. The summed E-state index contributed by atoms with van der Waals surface area (Å²) in [5, 5.41) is 3.38. The molecule has 1 aliphatic heterocycles. The first-order valence-corrected chi connectivity index (χ1v) is 7.39. The van der Waals surface area contributed by atoms with Crippen molar-refractivity contribution in [2.24, 2.45) is 5.92 Å². The van der Waals surface area contributed by atoms with Crippen LogP contribution >= 0.6 is 0 Å². The normalized spacial score (nSPS) is 16.8. The average molecular weight is 262 g/mol. The molecule has 0 spiro atoms. The molecule has 3 nitrogen and oxygen atoms in total. The Hall–Kier alpha value is -1.06. The van der Waals surface area contributed by atoms with Crippen LogP contribution < -0.4 is 10.1 Å². The van der Waals surface area contributed by atoms with Crippen LogP contribution in [0.1, 0.15) is 25.8 Å². The minimum atomic E-state index is 0.698. The third-order valence-electron chi connectivity index (χ3n) is 3.48. The van der Waals surface area contributed by atoms with Gasteiger partial charge in [-0.05, 0) is 30.0 Å². The zero-order chi connectivity index (χ0) is 13.5. The quantitative estimate of drug-likeness (QED) is 0.852. The summed E-state index contributed by atoms with van der Waals surface area (Å²) in [6, 6.07) is 8.53. The number of ether oxygens (including phenoxy) is 1. The fourth-order valence-electron chi connectivity index (χ4n) is 2.27. The Balaban J connectivity index is 1.83. The van der Waals surface area contributed by atoms with Crippen molar-refractivity contribution in [2.45, 2.75) is 26.8 Å². The number of piperazine rings is 1. The van der Waals surface area contributed by atoms with Crippen LogP contribution in [0.5, 0.6) is 5.75 Å². The standard InChI is InChI=1S/C16H26N2O/c1-14(2)6-11-19-16-5-3-4-15(12-16)13-18-9-7-17-8-10-18/h3-5,12,14,17H,6-11,13H2,1-2H3. The van der Waals surface area contributed by atoms with Gasteiger partial charge in [-0.1, -0.05) is 26.0 Å². The van der Waals surface area contributed by atoms with E-state index in [1.54, 1.807) is 0 Å². The number of hydrogen-bond donors (Lipinski definition) is 1.